The van der Waals surface area contributed by atoms with Crippen LogP contribution in [-0.4, -0.2) is 50.0 Å². The van der Waals surface area contributed by atoms with Gasteiger partial charge in [-0.25, -0.2) is 4.18 Å². The molecule has 7 N–H and O–H groups in total. The van der Waals surface area contributed by atoms with Crippen LogP contribution in [0, 0.1) is 0 Å². The summed E-state index contributed by atoms with van der Waals surface area (Å²) in [6.07, 6.45) is -2.48. The number of aliphatic hydroxyl groups excluding tert-OH is 1. The molecule has 0 rings (SSSR count). The monoisotopic (exact) mass is 232 g/mol. The zero-order valence-electron chi connectivity index (χ0n) is 6.99. The molecule has 86 valence electrons. The van der Waals surface area contributed by atoms with Crippen LogP contribution in [0.25, 0.3) is 0 Å². The molecule has 0 saturated carbocycles. The first kappa shape index (κ1) is 13.8. The number of rotatable bonds is 7. The molecule has 0 aromatic carbocycles. The van der Waals surface area contributed by atoms with Crippen LogP contribution in [0.15, 0.2) is 0 Å². The Morgan fingerprint density at radius 2 is 2.07 bits per heavy atom. The summed E-state index contributed by atoms with van der Waals surface area (Å²) in [5.41, 5.74) is 7.12. The van der Waals surface area contributed by atoms with E-state index in [2.05, 4.69) is 13.9 Å². The van der Waals surface area contributed by atoms with E-state index in [1.807, 2.05) is 0 Å². The maximum Gasteiger partial charge on any atom is 0.330 e. The van der Waals surface area contributed by atoms with Crippen LogP contribution in [-0.2, 0) is 19.8 Å². The minimum Gasteiger partial charge on any atom is -0.361 e. The summed E-state index contributed by atoms with van der Waals surface area (Å²) in [5.74, 6) is -3.51. The molecule has 0 heterocycles. The van der Waals surface area contributed by atoms with Crippen molar-refractivity contribution >= 4 is 11.4 Å². The molecular formula is C4H12N2O7S. The van der Waals surface area contributed by atoms with Crippen LogP contribution in [0.3, 0.4) is 0 Å². The Labute approximate surface area is 81.9 Å². The smallest absolute Gasteiger partial charge is 0.330 e. The summed E-state index contributed by atoms with van der Waals surface area (Å²) in [7, 11) is 0. The van der Waals surface area contributed by atoms with Gasteiger partial charge >= 0.3 is 17.3 Å². The average Bonchev–Trinajstić information content (AvgIpc) is 2.03. The predicted octanol–water partition coefficient (Wildman–Crippen LogP) is -3.99. The Kier molecular flexibility index (Phi) is 6.26. The predicted molar refractivity (Wildman–Crippen MR) is 42.8 cm³/mol. The Hall–Kier alpha value is -0.170. The molecule has 0 fully saturated rings. The molecule has 0 spiro atoms. The highest BCUT2D eigenvalue weighted by molar-refractivity contribution is 7.75. The molecule has 0 aromatic rings. The summed E-state index contributed by atoms with van der Waals surface area (Å²) in [5, 5.41) is 33.6. The first-order chi connectivity index (χ1) is 6.38. The third-order valence-electron chi connectivity index (χ3n) is 0.874. The van der Waals surface area contributed by atoms with E-state index in [0.29, 0.717) is 0 Å². The number of hydroxylamine groups is 1. The van der Waals surface area contributed by atoms with Crippen molar-refractivity contribution in [2.24, 2.45) is 5.73 Å². The molecule has 9 nitrogen and oxygen atoms in total. The van der Waals surface area contributed by atoms with Crippen molar-refractivity contribution in [3.63, 3.8) is 0 Å². The van der Waals surface area contributed by atoms with E-state index in [-0.39, 0.29) is 13.1 Å². The van der Waals surface area contributed by atoms with Gasteiger partial charge in [0.25, 0.3) is 6.29 Å². The van der Waals surface area contributed by atoms with E-state index in [9.17, 15) is 4.21 Å². The zero-order valence-corrected chi connectivity index (χ0v) is 7.81. The van der Waals surface area contributed by atoms with Crippen molar-refractivity contribution in [3.05, 3.63) is 0 Å². The second-order valence-corrected chi connectivity index (χ2v) is 2.87. The van der Waals surface area contributed by atoms with Gasteiger partial charge in [-0.1, -0.05) is 0 Å². The summed E-state index contributed by atoms with van der Waals surface area (Å²) in [4.78, 5) is 0. The minimum absolute atomic E-state index is 0.174. The largest absolute Gasteiger partial charge is 0.361 e. The van der Waals surface area contributed by atoms with E-state index in [0.717, 1.165) is 0 Å². The van der Waals surface area contributed by atoms with Gasteiger partial charge in [-0.15, -0.1) is 0 Å². The van der Waals surface area contributed by atoms with Gasteiger partial charge in [-0.2, -0.15) is 14.0 Å². The quantitative estimate of drug-likeness (QED) is 0.146. The molecule has 0 bridgehead atoms. The Morgan fingerprint density at radius 1 is 1.50 bits per heavy atom. The van der Waals surface area contributed by atoms with Gasteiger partial charge in [0.15, 0.2) is 0 Å². The van der Waals surface area contributed by atoms with Crippen molar-refractivity contribution in [2.45, 2.75) is 12.3 Å². The van der Waals surface area contributed by atoms with E-state index >= 15 is 0 Å². The van der Waals surface area contributed by atoms with Crippen molar-refractivity contribution in [3.8, 4) is 0 Å². The molecule has 0 aliphatic rings. The lowest BCUT2D eigenvalue weighted by Crippen LogP contribution is -2.44. The summed E-state index contributed by atoms with van der Waals surface area (Å²) >= 11 is -2.49. The molecule has 0 aliphatic carbocycles. The molecular weight excluding hydrogens is 220 g/mol. The second-order valence-electron chi connectivity index (χ2n) is 2.11. The molecule has 2 unspecified atom stereocenters. The third kappa shape index (κ3) is 6.31. The first-order valence-corrected chi connectivity index (χ1v) is 4.42. The lowest BCUT2D eigenvalue weighted by molar-refractivity contribution is -0.389. The fraction of sp³-hybridized carbons (Fsp3) is 1.00. The van der Waals surface area contributed by atoms with Crippen LogP contribution in [0.4, 0.5) is 0 Å². The van der Waals surface area contributed by atoms with Gasteiger partial charge in [-0.3, -0.25) is 0 Å². The third-order valence-corrected chi connectivity index (χ3v) is 1.47. The van der Waals surface area contributed by atoms with Crippen molar-refractivity contribution in [2.75, 3.05) is 13.1 Å². The lowest BCUT2D eigenvalue weighted by Gasteiger charge is -2.19. The second kappa shape index (κ2) is 6.34. The molecule has 10 heteroatoms. The maximum absolute atomic E-state index is 10.6. The molecule has 0 saturated heterocycles. The van der Waals surface area contributed by atoms with Crippen LogP contribution in [0.1, 0.15) is 0 Å². The minimum atomic E-state index is -3.51. The Morgan fingerprint density at radius 3 is 2.50 bits per heavy atom. The standard InChI is InChI=1S/C4H12N2O7S/c5-1-2-6-13-14(11)12-3(7)4(8,9)10/h3,6-10H,1-2,5H2. The van der Waals surface area contributed by atoms with Crippen LogP contribution in [0.5, 0.6) is 0 Å². The van der Waals surface area contributed by atoms with Gasteiger partial charge in [0.2, 0.25) is 0 Å². The molecule has 0 aliphatic heterocycles. The van der Waals surface area contributed by atoms with Gasteiger partial charge in [0.1, 0.15) is 0 Å². The van der Waals surface area contributed by atoms with E-state index in [1.165, 1.54) is 0 Å². The summed E-state index contributed by atoms with van der Waals surface area (Å²) in [6.45, 7) is 0.386. The number of aliphatic hydroxyl groups is 4. The SMILES string of the molecule is NCCNOS(=O)OC(O)C(O)(O)O. The topological polar surface area (TPSA) is 154 Å². The van der Waals surface area contributed by atoms with Crippen LogP contribution in [0.2, 0.25) is 0 Å². The normalized spacial score (nSPS) is 16.6. The molecule has 0 aromatic heterocycles. The van der Waals surface area contributed by atoms with E-state index in [1.54, 1.807) is 0 Å². The number of nitrogens with two attached hydrogens (primary N) is 1. The van der Waals surface area contributed by atoms with Crippen LogP contribution < -0.4 is 11.2 Å². The number of hydrogen-bond donors (Lipinski definition) is 6. The highest BCUT2D eigenvalue weighted by Crippen LogP contribution is 2.05. The Bertz CT molecular complexity index is 183. The van der Waals surface area contributed by atoms with Gasteiger partial charge in [0, 0.05) is 13.1 Å². The summed E-state index contributed by atoms with van der Waals surface area (Å²) in [6, 6.07) is 0. The fourth-order valence-corrected chi connectivity index (χ4v) is 0.804. The van der Waals surface area contributed by atoms with Gasteiger partial charge in [-0.05, 0) is 0 Å². The maximum atomic E-state index is 10.6. The van der Waals surface area contributed by atoms with Crippen molar-refractivity contribution in [1.82, 2.24) is 5.48 Å². The van der Waals surface area contributed by atoms with Gasteiger partial charge in [0.05, 0.1) is 0 Å². The lowest BCUT2D eigenvalue weighted by atomic mass is 10.5. The average molecular weight is 232 g/mol. The van der Waals surface area contributed by atoms with Crippen molar-refractivity contribution < 1.29 is 33.1 Å². The number of nitrogens with one attached hydrogen (secondary N) is 1. The van der Waals surface area contributed by atoms with Crippen LogP contribution >= 0.6 is 0 Å². The molecule has 0 radical (unpaired) electrons. The molecule has 0 amide bonds. The van der Waals surface area contributed by atoms with Gasteiger partial charge < -0.3 is 26.2 Å². The first-order valence-electron chi connectivity index (χ1n) is 3.42. The summed E-state index contributed by atoms with van der Waals surface area (Å²) < 4.78 is 18.7. The molecule has 2 atom stereocenters. The van der Waals surface area contributed by atoms with E-state index in [4.69, 9.17) is 26.2 Å². The molecule has 14 heavy (non-hydrogen) atoms. The van der Waals surface area contributed by atoms with E-state index < -0.39 is 23.6 Å². The Balaban J connectivity index is 3.72. The fourth-order valence-electron chi connectivity index (χ4n) is 0.307. The highest BCUT2D eigenvalue weighted by Gasteiger charge is 2.33. The zero-order chi connectivity index (χ0) is 11.2. The highest BCUT2D eigenvalue weighted by atomic mass is 32.2. The number of hydrogen-bond acceptors (Lipinski definition) is 9. The van der Waals surface area contributed by atoms with Crippen molar-refractivity contribution in [1.29, 1.82) is 0 Å².